The van der Waals surface area contributed by atoms with Crippen molar-refractivity contribution in [3.8, 4) is 11.4 Å². The fourth-order valence-corrected chi connectivity index (χ4v) is 8.65. The summed E-state index contributed by atoms with van der Waals surface area (Å²) >= 11 is 0. The number of esters is 2. The molecule has 0 aliphatic carbocycles. The number of carbonyl (C=O) groups excluding carboxylic acids is 2. The van der Waals surface area contributed by atoms with Crippen LogP contribution in [-0.2, 0) is 45.5 Å². The van der Waals surface area contributed by atoms with E-state index >= 15 is 0 Å². The van der Waals surface area contributed by atoms with Gasteiger partial charge in [0.2, 0.25) is 20.0 Å². The molecule has 66 heavy (non-hydrogen) atoms. The van der Waals surface area contributed by atoms with Gasteiger partial charge in [0, 0.05) is 117 Å². The lowest BCUT2D eigenvalue weighted by Gasteiger charge is -2.33. The molecule has 4 heterocycles. The lowest BCUT2D eigenvalue weighted by molar-refractivity contribution is -0.143. The zero-order chi connectivity index (χ0) is 48.3. The van der Waals surface area contributed by atoms with Crippen molar-refractivity contribution in [2.75, 3.05) is 118 Å². The molecule has 0 radical (unpaired) electrons. The van der Waals surface area contributed by atoms with Crippen LogP contribution in [0.4, 0.5) is 11.6 Å². The Balaban J connectivity index is 0.000000247. The fraction of sp³-hybridized carbons (Fsp3) is 0.455. The summed E-state index contributed by atoms with van der Waals surface area (Å²) in [6, 6.07) is 12.2. The second-order valence-corrected chi connectivity index (χ2v) is 20.2. The largest absolute Gasteiger partial charge is 0.466 e. The van der Waals surface area contributed by atoms with Crippen LogP contribution in [0.3, 0.4) is 0 Å². The van der Waals surface area contributed by atoms with Gasteiger partial charge in [-0.25, -0.2) is 40.2 Å². The van der Waals surface area contributed by atoms with Crippen molar-refractivity contribution in [2.24, 2.45) is 0 Å². The molecule has 22 heteroatoms. The van der Waals surface area contributed by atoms with Crippen LogP contribution < -0.4 is 20.9 Å². The maximum Gasteiger partial charge on any atom is 0.330 e. The van der Waals surface area contributed by atoms with Gasteiger partial charge in [0.15, 0.2) is 11.6 Å². The molecule has 0 bridgehead atoms. The summed E-state index contributed by atoms with van der Waals surface area (Å²) in [5.41, 5.74) is 1.39. The van der Waals surface area contributed by atoms with Crippen LogP contribution in [0.1, 0.15) is 31.7 Å². The molecule has 2 aromatic heterocycles. The molecule has 2 aromatic carbocycles. The maximum atomic E-state index is 13.4. The highest BCUT2D eigenvalue weighted by atomic mass is 32.2. The second-order valence-electron chi connectivity index (χ2n) is 15.9. The van der Waals surface area contributed by atoms with Crippen molar-refractivity contribution in [1.29, 1.82) is 0 Å². The molecule has 0 N–H and O–H groups in total. The Hall–Kier alpha value is -5.78. The number of likely N-dealkylation sites (N-methyl/N-ethyl adjacent to an activating group) is 2. The fourth-order valence-electron chi connectivity index (χ4n) is 6.84. The topological polar surface area (TPSA) is 210 Å². The average Bonchev–Trinajstić information content (AvgIpc) is 3.29. The molecule has 6 rings (SSSR count). The number of aromatic nitrogens is 4. The number of sulfonamides is 2. The van der Waals surface area contributed by atoms with Gasteiger partial charge < -0.3 is 29.1 Å². The molecular weight excluding hydrogens is 893 g/mol. The van der Waals surface area contributed by atoms with Crippen molar-refractivity contribution >= 4 is 49.7 Å². The molecule has 0 amide bonds. The number of hydrogen-bond acceptors (Lipinski definition) is 16. The van der Waals surface area contributed by atoms with Gasteiger partial charge in [-0.2, -0.15) is 0 Å². The Bertz CT molecular complexity index is 2690. The summed E-state index contributed by atoms with van der Waals surface area (Å²) < 4.78 is 64.6. The maximum absolute atomic E-state index is 13.4. The molecule has 0 spiro atoms. The summed E-state index contributed by atoms with van der Waals surface area (Å²) in [4.78, 5) is 67.9. The highest BCUT2D eigenvalue weighted by Gasteiger charge is 2.24. The number of rotatable bonds is 15. The van der Waals surface area contributed by atoms with Gasteiger partial charge in [-0.1, -0.05) is 0 Å². The summed E-state index contributed by atoms with van der Waals surface area (Å²) in [6.07, 6.45) is 6.37. The van der Waals surface area contributed by atoms with E-state index in [1.807, 2.05) is 23.9 Å². The number of piperazine rings is 2. The van der Waals surface area contributed by atoms with E-state index in [0.29, 0.717) is 67.8 Å². The van der Waals surface area contributed by atoms with Crippen molar-refractivity contribution in [3.05, 3.63) is 99.1 Å². The third-order valence-electron chi connectivity index (χ3n) is 10.8. The molecule has 2 aliphatic rings. The minimum atomic E-state index is -3.59. The monoisotopic (exact) mass is 952 g/mol. The van der Waals surface area contributed by atoms with Crippen LogP contribution in [0.25, 0.3) is 17.5 Å². The van der Waals surface area contributed by atoms with Gasteiger partial charge in [0.25, 0.3) is 11.1 Å². The standard InChI is InChI=1S/C22H31N5O5S.C22H29N5O5S/c2*1-5-32-20(28)11-6-17-16-27(18-7-9-19(10-8-18)33(30,31)24(2)3)22(29)21(23-17)26-14-12-25(4)13-15-26/h7-10,16H,5-6,11-15H2,1-4H3;6-11,16H,5,12-15H2,1-4H3/b;11-6+. The lowest BCUT2D eigenvalue weighted by Crippen LogP contribution is -2.47. The van der Waals surface area contributed by atoms with E-state index in [-0.39, 0.29) is 45.7 Å². The summed E-state index contributed by atoms with van der Waals surface area (Å²) in [5, 5.41) is 0. The Morgan fingerprint density at radius 2 is 1.06 bits per heavy atom. The van der Waals surface area contributed by atoms with E-state index in [2.05, 4.69) is 19.8 Å². The number of anilines is 2. The molecule has 358 valence electrons. The number of aryl methyl sites for hydroxylation is 1. The lowest BCUT2D eigenvalue weighted by atomic mass is 10.2. The predicted molar refractivity (Wildman–Crippen MR) is 251 cm³/mol. The van der Waals surface area contributed by atoms with E-state index in [4.69, 9.17) is 9.47 Å². The number of carbonyl (C=O) groups is 2. The SMILES string of the molecule is CCOC(=O)/C=C/c1cn(-c2ccc(S(=O)(=O)N(C)C)cc2)c(=O)c(N2CCN(C)CC2)n1.CCOC(=O)CCc1cn(-c2ccc(S(=O)(=O)N(C)C)cc2)c(=O)c(N2CCN(C)CC2)n1. The Kier molecular flexibility index (Phi) is 17.5. The van der Waals surface area contributed by atoms with Crippen LogP contribution in [0.2, 0.25) is 0 Å². The molecular formula is C44H60N10O10S2. The molecule has 0 unspecified atom stereocenters. The second kappa shape index (κ2) is 22.6. The average molecular weight is 953 g/mol. The van der Waals surface area contributed by atoms with Gasteiger partial charge in [-0.3, -0.25) is 23.5 Å². The van der Waals surface area contributed by atoms with Crippen molar-refractivity contribution in [3.63, 3.8) is 0 Å². The van der Waals surface area contributed by atoms with E-state index in [0.717, 1.165) is 34.8 Å². The first-order valence-electron chi connectivity index (χ1n) is 21.5. The van der Waals surface area contributed by atoms with Crippen LogP contribution in [-0.4, -0.2) is 174 Å². The zero-order valence-electron chi connectivity index (χ0n) is 38.8. The van der Waals surface area contributed by atoms with Crippen LogP contribution in [0, 0.1) is 0 Å². The first-order chi connectivity index (χ1) is 31.3. The number of hydrogen-bond donors (Lipinski definition) is 0. The minimum Gasteiger partial charge on any atom is -0.466 e. The van der Waals surface area contributed by atoms with Crippen LogP contribution in [0.15, 0.2) is 86.4 Å². The van der Waals surface area contributed by atoms with Gasteiger partial charge in [-0.05, 0) is 82.5 Å². The Labute approximate surface area is 386 Å². The van der Waals surface area contributed by atoms with Gasteiger partial charge >= 0.3 is 11.9 Å². The van der Waals surface area contributed by atoms with E-state index in [1.54, 1.807) is 44.3 Å². The van der Waals surface area contributed by atoms with Crippen LogP contribution in [0.5, 0.6) is 0 Å². The third kappa shape index (κ3) is 12.8. The highest BCUT2D eigenvalue weighted by Crippen LogP contribution is 2.20. The highest BCUT2D eigenvalue weighted by molar-refractivity contribution is 7.89. The van der Waals surface area contributed by atoms with Crippen molar-refractivity contribution in [1.82, 2.24) is 37.5 Å². The van der Waals surface area contributed by atoms with Crippen molar-refractivity contribution in [2.45, 2.75) is 36.5 Å². The minimum absolute atomic E-state index is 0.125. The summed E-state index contributed by atoms with van der Waals surface area (Å²) in [7, 11) is 2.73. The molecule has 20 nitrogen and oxygen atoms in total. The summed E-state index contributed by atoms with van der Waals surface area (Å²) in [5.74, 6) is -0.221. The normalized spacial score (nSPS) is 15.2. The first kappa shape index (κ1) is 51.2. The Morgan fingerprint density at radius 3 is 1.48 bits per heavy atom. The number of nitrogens with zero attached hydrogens (tertiary/aromatic N) is 10. The van der Waals surface area contributed by atoms with Crippen molar-refractivity contribution < 1.29 is 35.9 Å². The zero-order valence-corrected chi connectivity index (χ0v) is 40.4. The smallest absolute Gasteiger partial charge is 0.330 e. The molecule has 0 atom stereocenters. The first-order valence-corrected chi connectivity index (χ1v) is 24.3. The summed E-state index contributed by atoms with van der Waals surface area (Å²) in [6.45, 7) is 9.86. The molecule has 2 fully saturated rings. The predicted octanol–water partition coefficient (Wildman–Crippen LogP) is 1.54. The van der Waals surface area contributed by atoms with E-state index in [9.17, 15) is 36.0 Å². The molecule has 2 aliphatic heterocycles. The third-order valence-corrected chi connectivity index (χ3v) is 14.5. The van der Waals surface area contributed by atoms with Gasteiger partial charge in [-0.15, -0.1) is 0 Å². The number of ether oxygens (including phenoxy) is 2. The molecule has 0 saturated carbocycles. The van der Waals surface area contributed by atoms with Crippen LogP contribution >= 0.6 is 0 Å². The van der Waals surface area contributed by atoms with E-state index in [1.165, 1.54) is 79.9 Å². The van der Waals surface area contributed by atoms with Gasteiger partial charge in [0.1, 0.15) is 0 Å². The quantitative estimate of drug-likeness (QED) is 0.122. The number of benzene rings is 2. The molecule has 2 saturated heterocycles. The Morgan fingerprint density at radius 1 is 0.636 bits per heavy atom. The van der Waals surface area contributed by atoms with E-state index < -0.39 is 26.0 Å². The molecule has 4 aromatic rings. The van der Waals surface area contributed by atoms with Gasteiger partial charge in [0.05, 0.1) is 40.8 Å².